The Labute approximate surface area is 200 Å². The molecule has 1 atom stereocenters. The van der Waals surface area contributed by atoms with Gasteiger partial charge in [0.1, 0.15) is 17.3 Å². The molecule has 1 aliphatic heterocycles. The van der Waals surface area contributed by atoms with Gasteiger partial charge in [-0.1, -0.05) is 17.7 Å². The molecule has 34 heavy (non-hydrogen) atoms. The van der Waals surface area contributed by atoms with Crippen LogP contribution in [0.15, 0.2) is 42.7 Å². The Morgan fingerprint density at radius 1 is 1.32 bits per heavy atom. The van der Waals surface area contributed by atoms with Crippen LogP contribution in [0.1, 0.15) is 28.5 Å². The fourth-order valence-electron chi connectivity index (χ4n) is 4.15. The first-order valence-corrected chi connectivity index (χ1v) is 11.0. The zero-order valence-corrected chi connectivity index (χ0v) is 19.5. The van der Waals surface area contributed by atoms with Gasteiger partial charge >= 0.3 is 0 Å². The van der Waals surface area contributed by atoms with Gasteiger partial charge in [-0.2, -0.15) is 0 Å². The number of carbonyl (C=O) groups is 2. The predicted molar refractivity (Wildman–Crippen MR) is 125 cm³/mol. The Kier molecular flexibility index (Phi) is 6.97. The summed E-state index contributed by atoms with van der Waals surface area (Å²) in [6.45, 7) is 2.00. The third-order valence-corrected chi connectivity index (χ3v) is 6.03. The second kappa shape index (κ2) is 9.92. The molecule has 10 heteroatoms. The highest BCUT2D eigenvalue weighted by Gasteiger charge is 2.33. The Morgan fingerprint density at radius 2 is 2.12 bits per heavy atom. The van der Waals surface area contributed by atoms with E-state index >= 15 is 0 Å². The lowest BCUT2D eigenvalue weighted by atomic mass is 10.0. The molecule has 0 fully saturated rings. The van der Waals surface area contributed by atoms with Crippen LogP contribution in [0.3, 0.4) is 0 Å². The summed E-state index contributed by atoms with van der Waals surface area (Å²) in [7, 11) is 1.56. The maximum Gasteiger partial charge on any atom is 0.271 e. The normalized spacial score (nSPS) is 15.4. The lowest BCUT2D eigenvalue weighted by molar-refractivity contribution is -0.114. The summed E-state index contributed by atoms with van der Waals surface area (Å²) in [6.07, 6.45) is 3.27. The molecule has 0 radical (unpaired) electrons. The first-order valence-electron chi connectivity index (χ1n) is 10.6. The number of methoxy groups -OCH3 is 1. The van der Waals surface area contributed by atoms with Crippen molar-refractivity contribution in [1.29, 1.82) is 0 Å². The van der Waals surface area contributed by atoms with Gasteiger partial charge in [-0.3, -0.25) is 9.59 Å². The maximum atomic E-state index is 13.9. The molecular weight excluding hydrogens is 463 g/mol. The number of benzene rings is 1. The van der Waals surface area contributed by atoms with Crippen molar-refractivity contribution in [3.05, 3.63) is 70.4 Å². The van der Waals surface area contributed by atoms with E-state index in [4.69, 9.17) is 16.3 Å². The lowest BCUT2D eigenvalue weighted by Crippen LogP contribution is -2.49. The van der Waals surface area contributed by atoms with Gasteiger partial charge in [0.05, 0.1) is 24.3 Å². The fraction of sp³-hybridized carbons (Fsp3) is 0.292. The number of carbonyl (C=O) groups excluding carboxylic acids is 2. The van der Waals surface area contributed by atoms with Crippen molar-refractivity contribution < 1.29 is 23.8 Å². The van der Waals surface area contributed by atoms with Crippen LogP contribution < -0.4 is 5.32 Å². The SMILES string of the molecule is COC[C@H]1Cn2cc(-c3cc(NC(C)=O)ncc3Cl)cc2C(=O)N1Cc1cc(F)ccc1CO. The standard InChI is InChI=1S/C24H24ClFN4O4/c1-14(32)28-23-7-20(21(25)8-27-23)17-6-22-24(33)30(19(13-34-2)11-29(22)9-17)10-16-5-18(26)4-3-15(16)12-31/h3-9,19,31H,10-13H2,1-2H3,(H,27,28,32)/t19-/m1/s1. The second-order valence-electron chi connectivity index (χ2n) is 8.11. The molecule has 0 bridgehead atoms. The molecule has 1 aromatic carbocycles. The number of anilines is 1. The molecule has 2 aromatic heterocycles. The number of nitrogens with zero attached hydrogens (tertiary/aromatic N) is 3. The van der Waals surface area contributed by atoms with Crippen LogP contribution in [0, 0.1) is 5.82 Å². The van der Waals surface area contributed by atoms with E-state index in [-0.39, 0.29) is 37.6 Å². The molecule has 2 N–H and O–H groups in total. The quantitative estimate of drug-likeness (QED) is 0.533. The Bertz CT molecular complexity index is 1250. The molecule has 0 saturated heterocycles. The predicted octanol–water partition coefficient (Wildman–Crippen LogP) is 3.46. The van der Waals surface area contributed by atoms with Crippen molar-refractivity contribution in [3.63, 3.8) is 0 Å². The number of amides is 2. The third-order valence-electron chi connectivity index (χ3n) is 5.73. The number of aliphatic hydroxyl groups excluding tert-OH is 1. The monoisotopic (exact) mass is 486 g/mol. The van der Waals surface area contributed by atoms with E-state index in [2.05, 4.69) is 10.3 Å². The topological polar surface area (TPSA) is 96.7 Å². The minimum atomic E-state index is -0.437. The number of nitrogens with one attached hydrogen (secondary N) is 1. The van der Waals surface area contributed by atoms with Gasteiger partial charge in [0.2, 0.25) is 5.91 Å². The number of pyridine rings is 1. The van der Waals surface area contributed by atoms with E-state index in [0.717, 1.165) is 0 Å². The van der Waals surface area contributed by atoms with Gasteiger partial charge in [0.25, 0.3) is 5.91 Å². The maximum absolute atomic E-state index is 13.9. The van der Waals surface area contributed by atoms with Crippen molar-refractivity contribution in [2.24, 2.45) is 0 Å². The van der Waals surface area contributed by atoms with Crippen molar-refractivity contribution in [2.75, 3.05) is 19.0 Å². The lowest BCUT2D eigenvalue weighted by Gasteiger charge is -2.36. The number of aromatic nitrogens is 2. The zero-order chi connectivity index (χ0) is 24.4. The van der Waals surface area contributed by atoms with Gasteiger partial charge in [-0.15, -0.1) is 0 Å². The number of hydrogen-bond acceptors (Lipinski definition) is 5. The van der Waals surface area contributed by atoms with Gasteiger partial charge in [-0.05, 0) is 35.4 Å². The highest BCUT2D eigenvalue weighted by Crippen LogP contribution is 2.33. The molecule has 178 valence electrons. The second-order valence-corrected chi connectivity index (χ2v) is 8.52. The van der Waals surface area contributed by atoms with E-state index in [1.54, 1.807) is 24.1 Å². The Balaban J connectivity index is 1.70. The van der Waals surface area contributed by atoms with Gasteiger partial charge in [0, 0.05) is 50.6 Å². The Hall–Kier alpha value is -3.27. The molecule has 0 aliphatic carbocycles. The van der Waals surface area contributed by atoms with Gasteiger partial charge in [-0.25, -0.2) is 9.37 Å². The van der Waals surface area contributed by atoms with Crippen LogP contribution in [0.25, 0.3) is 11.1 Å². The average molecular weight is 487 g/mol. The summed E-state index contributed by atoms with van der Waals surface area (Å²) in [5, 5.41) is 12.7. The smallest absolute Gasteiger partial charge is 0.271 e. The molecule has 2 amide bonds. The van der Waals surface area contributed by atoms with Crippen molar-refractivity contribution >= 4 is 29.2 Å². The van der Waals surface area contributed by atoms with E-state index < -0.39 is 5.82 Å². The highest BCUT2D eigenvalue weighted by molar-refractivity contribution is 6.33. The minimum absolute atomic E-state index is 0.129. The highest BCUT2D eigenvalue weighted by atomic mass is 35.5. The number of fused-ring (bicyclic) bond motifs is 1. The molecule has 8 nitrogen and oxygen atoms in total. The molecule has 0 unspecified atom stereocenters. The van der Waals surface area contributed by atoms with Crippen LogP contribution >= 0.6 is 11.6 Å². The number of ether oxygens (including phenoxy) is 1. The van der Waals surface area contributed by atoms with E-state index in [1.807, 2.05) is 10.8 Å². The summed E-state index contributed by atoms with van der Waals surface area (Å²) in [6, 6.07) is 7.22. The van der Waals surface area contributed by atoms with Gasteiger partial charge in [0.15, 0.2) is 0 Å². The minimum Gasteiger partial charge on any atom is -0.392 e. The van der Waals surface area contributed by atoms with Crippen LogP contribution in [-0.4, -0.2) is 51.1 Å². The van der Waals surface area contributed by atoms with E-state index in [9.17, 15) is 19.1 Å². The van der Waals surface area contributed by atoms with Crippen molar-refractivity contribution in [1.82, 2.24) is 14.5 Å². The summed E-state index contributed by atoms with van der Waals surface area (Å²) >= 11 is 6.37. The zero-order valence-electron chi connectivity index (χ0n) is 18.7. The van der Waals surface area contributed by atoms with Crippen LogP contribution in [0.4, 0.5) is 10.2 Å². The number of rotatable bonds is 7. The first-order chi connectivity index (χ1) is 16.3. The number of halogens is 2. The van der Waals surface area contributed by atoms with E-state index in [0.29, 0.717) is 45.3 Å². The van der Waals surface area contributed by atoms with Crippen LogP contribution in [0.5, 0.6) is 0 Å². The van der Waals surface area contributed by atoms with Crippen molar-refractivity contribution in [2.45, 2.75) is 32.7 Å². The average Bonchev–Trinajstić information content (AvgIpc) is 3.22. The summed E-state index contributed by atoms with van der Waals surface area (Å²) in [5.41, 5.74) is 2.86. The molecule has 0 spiro atoms. The summed E-state index contributed by atoms with van der Waals surface area (Å²) < 4.78 is 21.1. The molecular formula is C24H24ClFN4O4. The number of hydrogen-bond donors (Lipinski definition) is 2. The fourth-order valence-corrected chi connectivity index (χ4v) is 4.36. The molecule has 3 heterocycles. The van der Waals surface area contributed by atoms with Crippen LogP contribution in [0.2, 0.25) is 5.02 Å². The largest absolute Gasteiger partial charge is 0.392 e. The van der Waals surface area contributed by atoms with Crippen molar-refractivity contribution in [3.8, 4) is 11.1 Å². The van der Waals surface area contributed by atoms with Gasteiger partial charge < -0.3 is 24.6 Å². The number of aliphatic hydroxyl groups is 1. The Morgan fingerprint density at radius 3 is 2.82 bits per heavy atom. The summed E-state index contributed by atoms with van der Waals surface area (Å²) in [4.78, 5) is 30.7. The third kappa shape index (κ3) is 4.82. The molecule has 3 aromatic rings. The first kappa shape index (κ1) is 23.9. The molecule has 1 aliphatic rings. The molecule has 0 saturated carbocycles. The molecule has 4 rings (SSSR count). The summed E-state index contributed by atoms with van der Waals surface area (Å²) in [5.74, 6) is -0.596. The van der Waals surface area contributed by atoms with Crippen LogP contribution in [-0.2, 0) is 29.2 Å². The van der Waals surface area contributed by atoms with E-state index in [1.165, 1.54) is 31.3 Å².